The zero-order chi connectivity index (χ0) is 14.5. The lowest BCUT2D eigenvalue weighted by Crippen LogP contribution is -2.59. The summed E-state index contributed by atoms with van der Waals surface area (Å²) in [5.74, 6) is 0. The highest BCUT2D eigenvalue weighted by atomic mass is 16.5. The Morgan fingerprint density at radius 2 is 2.00 bits per heavy atom. The molecule has 0 spiro atoms. The van der Waals surface area contributed by atoms with Gasteiger partial charge in [0.1, 0.15) is 0 Å². The Kier molecular flexibility index (Phi) is 4.87. The molecule has 0 unspecified atom stereocenters. The molecule has 1 saturated carbocycles. The van der Waals surface area contributed by atoms with E-state index in [0.29, 0.717) is 5.54 Å². The van der Waals surface area contributed by atoms with Crippen molar-refractivity contribution in [3.63, 3.8) is 0 Å². The molecule has 2 aliphatic rings. The number of rotatable bonds is 5. The fraction of sp³-hybridized carbons (Fsp3) is 0.867. The summed E-state index contributed by atoms with van der Waals surface area (Å²) in [4.78, 5) is 2.67. The second-order valence-electron chi connectivity index (χ2n) is 6.37. The van der Waals surface area contributed by atoms with Crippen LogP contribution in [0.15, 0.2) is 6.20 Å². The van der Waals surface area contributed by atoms with Crippen LogP contribution in [0.2, 0.25) is 0 Å². The number of hydrogen-bond donors (Lipinski definition) is 1. The van der Waals surface area contributed by atoms with E-state index in [2.05, 4.69) is 20.5 Å². The minimum atomic E-state index is 0.324. The first-order valence-corrected chi connectivity index (χ1v) is 8.17. The van der Waals surface area contributed by atoms with Crippen molar-refractivity contribution in [2.45, 2.75) is 44.2 Å². The van der Waals surface area contributed by atoms with E-state index < -0.39 is 0 Å². The van der Waals surface area contributed by atoms with Crippen molar-refractivity contribution >= 4 is 0 Å². The lowest BCUT2D eigenvalue weighted by atomic mass is 9.79. The molecule has 1 aromatic rings. The molecular weight excluding hydrogens is 266 g/mol. The Hall–Kier alpha value is -0.980. The van der Waals surface area contributed by atoms with Crippen molar-refractivity contribution in [3.05, 3.63) is 11.9 Å². The van der Waals surface area contributed by atoms with E-state index in [-0.39, 0.29) is 0 Å². The standard InChI is InChI=1S/C15H27N5O/c1-19-12-14(17-18-19)11-16-13-15(5-3-2-4-6-15)20-7-9-21-10-8-20/h12,16H,2-11,13H2,1H3. The van der Waals surface area contributed by atoms with Crippen LogP contribution in [0.3, 0.4) is 0 Å². The van der Waals surface area contributed by atoms with E-state index in [4.69, 9.17) is 4.74 Å². The fourth-order valence-electron chi connectivity index (χ4n) is 3.75. The molecule has 1 aromatic heterocycles. The van der Waals surface area contributed by atoms with Crippen molar-refractivity contribution in [3.8, 4) is 0 Å². The van der Waals surface area contributed by atoms with Gasteiger partial charge in [0.2, 0.25) is 0 Å². The second kappa shape index (κ2) is 6.85. The smallest absolute Gasteiger partial charge is 0.0964 e. The molecule has 118 valence electrons. The monoisotopic (exact) mass is 293 g/mol. The quantitative estimate of drug-likeness (QED) is 0.875. The third kappa shape index (κ3) is 3.62. The Balaban J connectivity index is 1.59. The van der Waals surface area contributed by atoms with E-state index in [1.165, 1.54) is 32.1 Å². The Morgan fingerprint density at radius 3 is 2.67 bits per heavy atom. The third-order valence-corrected chi connectivity index (χ3v) is 4.88. The first-order chi connectivity index (χ1) is 10.3. The van der Waals surface area contributed by atoms with Gasteiger partial charge in [-0.25, -0.2) is 0 Å². The van der Waals surface area contributed by atoms with Gasteiger partial charge in [-0.3, -0.25) is 9.58 Å². The second-order valence-corrected chi connectivity index (χ2v) is 6.37. The summed E-state index contributed by atoms with van der Waals surface area (Å²) >= 11 is 0. The average Bonchev–Trinajstić information content (AvgIpc) is 2.95. The number of hydrogen-bond acceptors (Lipinski definition) is 5. The van der Waals surface area contributed by atoms with Crippen LogP contribution in [0, 0.1) is 0 Å². The van der Waals surface area contributed by atoms with Crippen LogP contribution in [0.5, 0.6) is 0 Å². The van der Waals surface area contributed by atoms with Crippen LogP contribution >= 0.6 is 0 Å². The number of nitrogens with zero attached hydrogens (tertiary/aromatic N) is 4. The maximum absolute atomic E-state index is 5.53. The van der Waals surface area contributed by atoms with E-state index in [0.717, 1.165) is 45.1 Å². The molecule has 3 rings (SSSR count). The molecule has 2 fully saturated rings. The van der Waals surface area contributed by atoms with Crippen LogP contribution in [0.4, 0.5) is 0 Å². The molecule has 0 aromatic carbocycles. The van der Waals surface area contributed by atoms with Crippen molar-refractivity contribution < 1.29 is 4.74 Å². The first-order valence-electron chi connectivity index (χ1n) is 8.17. The van der Waals surface area contributed by atoms with Crippen molar-refractivity contribution in [2.24, 2.45) is 7.05 Å². The Morgan fingerprint density at radius 1 is 1.24 bits per heavy atom. The Bertz CT molecular complexity index is 435. The van der Waals surface area contributed by atoms with E-state index in [9.17, 15) is 0 Å². The molecule has 21 heavy (non-hydrogen) atoms. The van der Waals surface area contributed by atoms with Crippen LogP contribution in [0.25, 0.3) is 0 Å². The topological polar surface area (TPSA) is 55.2 Å². The zero-order valence-corrected chi connectivity index (χ0v) is 13.1. The average molecular weight is 293 g/mol. The molecule has 1 aliphatic carbocycles. The maximum atomic E-state index is 5.53. The lowest BCUT2D eigenvalue weighted by Gasteiger charge is -2.48. The molecule has 1 saturated heterocycles. The summed E-state index contributed by atoms with van der Waals surface area (Å²) in [6, 6.07) is 0. The molecular formula is C15H27N5O. The van der Waals surface area contributed by atoms with Gasteiger partial charge in [-0.2, -0.15) is 0 Å². The molecule has 0 radical (unpaired) electrons. The summed E-state index contributed by atoms with van der Waals surface area (Å²) in [5, 5.41) is 11.8. The van der Waals surface area contributed by atoms with E-state index >= 15 is 0 Å². The van der Waals surface area contributed by atoms with Crippen molar-refractivity contribution in [1.29, 1.82) is 0 Å². The molecule has 2 heterocycles. The van der Waals surface area contributed by atoms with Gasteiger partial charge in [-0.15, -0.1) is 5.10 Å². The summed E-state index contributed by atoms with van der Waals surface area (Å²) in [5.41, 5.74) is 1.34. The van der Waals surface area contributed by atoms with Gasteiger partial charge in [0.25, 0.3) is 0 Å². The minimum absolute atomic E-state index is 0.324. The minimum Gasteiger partial charge on any atom is -0.379 e. The Labute approximate surface area is 126 Å². The van der Waals surface area contributed by atoms with Crippen LogP contribution in [0.1, 0.15) is 37.8 Å². The van der Waals surface area contributed by atoms with Crippen LogP contribution in [-0.4, -0.2) is 58.3 Å². The van der Waals surface area contributed by atoms with Crippen molar-refractivity contribution in [1.82, 2.24) is 25.2 Å². The van der Waals surface area contributed by atoms with Gasteiger partial charge < -0.3 is 10.1 Å². The highest BCUT2D eigenvalue weighted by Crippen LogP contribution is 2.33. The van der Waals surface area contributed by atoms with Gasteiger partial charge in [0, 0.05) is 45.0 Å². The zero-order valence-electron chi connectivity index (χ0n) is 13.1. The summed E-state index contributed by atoms with van der Waals surface area (Å²) < 4.78 is 7.29. The van der Waals surface area contributed by atoms with Crippen LogP contribution in [-0.2, 0) is 18.3 Å². The molecule has 1 aliphatic heterocycles. The third-order valence-electron chi connectivity index (χ3n) is 4.88. The lowest BCUT2D eigenvalue weighted by molar-refractivity contribution is -0.0369. The molecule has 0 bridgehead atoms. The molecule has 6 heteroatoms. The molecule has 1 N–H and O–H groups in total. The summed E-state index contributed by atoms with van der Waals surface area (Å²) in [6.07, 6.45) is 8.68. The predicted molar refractivity (Wildman–Crippen MR) is 80.9 cm³/mol. The predicted octanol–water partition coefficient (Wildman–Crippen LogP) is 0.940. The maximum Gasteiger partial charge on any atom is 0.0964 e. The number of ether oxygens (including phenoxy) is 1. The number of morpholine rings is 1. The van der Waals surface area contributed by atoms with Crippen LogP contribution < -0.4 is 5.32 Å². The normalized spacial score (nSPS) is 23.3. The highest BCUT2D eigenvalue weighted by Gasteiger charge is 2.38. The number of nitrogens with one attached hydrogen (secondary N) is 1. The van der Waals surface area contributed by atoms with Gasteiger partial charge in [-0.1, -0.05) is 24.5 Å². The molecule has 0 atom stereocenters. The van der Waals surface area contributed by atoms with Gasteiger partial charge >= 0.3 is 0 Å². The van der Waals surface area contributed by atoms with Gasteiger partial charge in [-0.05, 0) is 12.8 Å². The first kappa shape index (κ1) is 14.9. The SMILES string of the molecule is Cn1cc(CNCC2(N3CCOCC3)CCCCC2)nn1. The molecule has 6 nitrogen and oxygen atoms in total. The highest BCUT2D eigenvalue weighted by molar-refractivity contribution is 4.97. The van der Waals surface area contributed by atoms with E-state index in [1.807, 2.05) is 13.2 Å². The molecule has 0 amide bonds. The van der Waals surface area contributed by atoms with E-state index in [1.54, 1.807) is 4.68 Å². The van der Waals surface area contributed by atoms with Crippen molar-refractivity contribution in [2.75, 3.05) is 32.8 Å². The fourth-order valence-corrected chi connectivity index (χ4v) is 3.75. The largest absolute Gasteiger partial charge is 0.379 e. The summed E-state index contributed by atoms with van der Waals surface area (Å²) in [7, 11) is 1.91. The number of aryl methyl sites for hydroxylation is 1. The van der Waals surface area contributed by atoms with Gasteiger partial charge in [0.15, 0.2) is 0 Å². The number of aromatic nitrogens is 3. The summed E-state index contributed by atoms with van der Waals surface area (Å²) in [6.45, 7) is 5.76. The van der Waals surface area contributed by atoms with Gasteiger partial charge in [0.05, 0.1) is 18.9 Å².